The van der Waals surface area contributed by atoms with Gasteiger partial charge in [0.1, 0.15) is 5.75 Å². The topological polar surface area (TPSA) is 53.4 Å². The lowest BCUT2D eigenvalue weighted by Gasteiger charge is -2.02. The first kappa shape index (κ1) is 11.7. The highest BCUT2D eigenvalue weighted by atomic mass is 32.1. The monoisotopic (exact) mass is 252 g/mol. The van der Waals surface area contributed by atoms with Crippen LogP contribution in [0.5, 0.6) is 11.5 Å². The molecular weight excluding hydrogens is 240 g/mol. The molecule has 0 atom stereocenters. The summed E-state index contributed by atoms with van der Waals surface area (Å²) in [6.07, 6.45) is 1.53. The summed E-state index contributed by atoms with van der Waals surface area (Å²) in [6, 6.07) is 1.71. The number of hydrogen-bond donors (Lipinski definition) is 0. The Balaban J connectivity index is 2.39. The van der Waals surface area contributed by atoms with Crippen LogP contribution in [0.15, 0.2) is 17.6 Å². The predicted molar refractivity (Wildman–Crippen MR) is 64.1 cm³/mol. The van der Waals surface area contributed by atoms with Crippen LogP contribution in [-0.4, -0.2) is 29.8 Å². The smallest absolute Gasteiger partial charge is 0.224 e. The number of ether oxygens (including phenoxy) is 2. The van der Waals surface area contributed by atoms with Gasteiger partial charge in [0.05, 0.1) is 25.3 Å². The first-order valence-electron chi connectivity index (χ1n) is 4.90. The number of methoxy groups -OCH3 is 2. The molecule has 0 saturated heterocycles. The van der Waals surface area contributed by atoms with Crippen molar-refractivity contribution in [1.82, 2.24) is 9.78 Å². The van der Waals surface area contributed by atoms with Gasteiger partial charge in [-0.25, -0.2) is 0 Å². The fraction of sp³-hybridized carbons (Fsp3) is 0.273. The third-order valence-corrected chi connectivity index (χ3v) is 3.28. The Morgan fingerprint density at radius 2 is 2.18 bits per heavy atom. The number of thiophene rings is 1. The summed E-state index contributed by atoms with van der Waals surface area (Å²) in [5, 5.41) is 5.79. The van der Waals surface area contributed by atoms with Gasteiger partial charge < -0.3 is 9.47 Å². The van der Waals surface area contributed by atoms with E-state index < -0.39 is 0 Å². The van der Waals surface area contributed by atoms with E-state index in [9.17, 15) is 4.79 Å². The van der Waals surface area contributed by atoms with Crippen LogP contribution < -0.4 is 9.47 Å². The average Bonchev–Trinajstić information content (AvgIpc) is 2.94. The Kier molecular flexibility index (Phi) is 3.14. The Labute approximate surface area is 103 Å². The van der Waals surface area contributed by atoms with Crippen molar-refractivity contribution in [1.29, 1.82) is 0 Å². The first-order valence-corrected chi connectivity index (χ1v) is 5.78. The van der Waals surface area contributed by atoms with E-state index in [0.29, 0.717) is 22.1 Å². The molecule has 0 radical (unpaired) electrons. The number of aryl methyl sites for hydroxylation is 1. The summed E-state index contributed by atoms with van der Waals surface area (Å²) < 4.78 is 11.7. The second-order valence-corrected chi connectivity index (χ2v) is 4.28. The van der Waals surface area contributed by atoms with Crippen molar-refractivity contribution in [3.05, 3.63) is 28.2 Å². The van der Waals surface area contributed by atoms with Gasteiger partial charge in [0.2, 0.25) is 5.78 Å². The normalized spacial score (nSPS) is 10.3. The van der Waals surface area contributed by atoms with Gasteiger partial charge >= 0.3 is 0 Å². The van der Waals surface area contributed by atoms with Crippen molar-refractivity contribution in [2.45, 2.75) is 0 Å². The maximum atomic E-state index is 12.3. The van der Waals surface area contributed by atoms with Gasteiger partial charge in [-0.2, -0.15) is 5.10 Å². The lowest BCUT2D eigenvalue weighted by molar-refractivity contribution is 0.103. The molecule has 0 aliphatic rings. The Morgan fingerprint density at radius 1 is 1.41 bits per heavy atom. The van der Waals surface area contributed by atoms with Gasteiger partial charge in [-0.1, -0.05) is 0 Å². The van der Waals surface area contributed by atoms with E-state index in [1.807, 2.05) is 0 Å². The van der Waals surface area contributed by atoms with Crippen molar-refractivity contribution >= 4 is 17.1 Å². The Bertz CT molecular complexity index is 545. The van der Waals surface area contributed by atoms with Crippen LogP contribution in [0.25, 0.3) is 0 Å². The van der Waals surface area contributed by atoms with Crippen molar-refractivity contribution in [2.24, 2.45) is 7.05 Å². The summed E-state index contributed by atoms with van der Waals surface area (Å²) in [7, 11) is 4.80. The van der Waals surface area contributed by atoms with E-state index in [-0.39, 0.29) is 5.78 Å². The standard InChI is InChI=1S/C11H12N2O3S/c1-13-10(8(16-3)5-12-13)11(14)9-4-7(15-2)6-17-9/h4-6H,1-3H3. The molecule has 0 aliphatic carbocycles. The molecule has 17 heavy (non-hydrogen) atoms. The second kappa shape index (κ2) is 4.58. The molecule has 2 aromatic heterocycles. The number of hydrogen-bond acceptors (Lipinski definition) is 5. The van der Waals surface area contributed by atoms with Crippen molar-refractivity contribution in [3.8, 4) is 11.5 Å². The number of nitrogens with zero attached hydrogens (tertiary/aromatic N) is 2. The maximum Gasteiger partial charge on any atom is 0.224 e. The van der Waals surface area contributed by atoms with Gasteiger partial charge in [-0.15, -0.1) is 11.3 Å². The molecule has 0 aromatic carbocycles. The zero-order valence-electron chi connectivity index (χ0n) is 9.76. The van der Waals surface area contributed by atoms with Gasteiger partial charge in [0.15, 0.2) is 11.4 Å². The van der Waals surface area contributed by atoms with E-state index in [1.165, 1.54) is 29.3 Å². The summed E-state index contributed by atoms with van der Waals surface area (Å²) in [5.41, 5.74) is 0.442. The molecular formula is C11H12N2O3S. The van der Waals surface area contributed by atoms with Crippen LogP contribution in [0.2, 0.25) is 0 Å². The van der Waals surface area contributed by atoms with Gasteiger partial charge in [0.25, 0.3) is 0 Å². The maximum absolute atomic E-state index is 12.3. The molecule has 2 rings (SSSR count). The highest BCUT2D eigenvalue weighted by Gasteiger charge is 2.21. The fourth-order valence-electron chi connectivity index (χ4n) is 1.49. The summed E-state index contributed by atoms with van der Waals surface area (Å²) in [6.45, 7) is 0. The molecule has 5 nitrogen and oxygen atoms in total. The molecule has 2 aromatic rings. The number of carbonyl (C=O) groups excluding carboxylic acids is 1. The van der Waals surface area contributed by atoms with Crippen molar-refractivity contribution < 1.29 is 14.3 Å². The molecule has 0 unspecified atom stereocenters. The third kappa shape index (κ3) is 2.03. The lowest BCUT2D eigenvalue weighted by atomic mass is 10.2. The number of carbonyl (C=O) groups is 1. The van der Waals surface area contributed by atoms with Crippen molar-refractivity contribution in [2.75, 3.05) is 14.2 Å². The molecule has 2 heterocycles. The Hall–Kier alpha value is -1.82. The minimum absolute atomic E-state index is 0.116. The van der Waals surface area contributed by atoms with Gasteiger partial charge in [-0.05, 0) is 0 Å². The van der Waals surface area contributed by atoms with Crippen LogP contribution in [0.1, 0.15) is 15.4 Å². The summed E-state index contributed by atoms with van der Waals surface area (Å²) in [5.74, 6) is 1.04. The molecule has 0 saturated carbocycles. The van der Waals surface area contributed by atoms with Gasteiger partial charge in [-0.3, -0.25) is 9.48 Å². The van der Waals surface area contributed by atoms with Gasteiger partial charge in [0, 0.05) is 18.5 Å². The van der Waals surface area contributed by atoms with E-state index in [2.05, 4.69) is 5.10 Å². The zero-order chi connectivity index (χ0) is 12.4. The Morgan fingerprint density at radius 3 is 2.76 bits per heavy atom. The zero-order valence-corrected chi connectivity index (χ0v) is 10.6. The first-order chi connectivity index (χ1) is 8.17. The number of rotatable bonds is 4. The number of ketones is 1. The molecule has 0 N–H and O–H groups in total. The highest BCUT2D eigenvalue weighted by molar-refractivity contribution is 7.12. The lowest BCUT2D eigenvalue weighted by Crippen LogP contribution is -2.08. The summed E-state index contributed by atoms with van der Waals surface area (Å²) in [4.78, 5) is 12.9. The van der Waals surface area contributed by atoms with Crippen LogP contribution in [0, 0.1) is 0 Å². The van der Waals surface area contributed by atoms with Crippen molar-refractivity contribution in [3.63, 3.8) is 0 Å². The van der Waals surface area contributed by atoms with Crippen LogP contribution in [0.3, 0.4) is 0 Å². The molecule has 6 heteroatoms. The fourth-order valence-corrected chi connectivity index (χ4v) is 2.28. The molecule has 0 aliphatic heterocycles. The summed E-state index contributed by atoms with van der Waals surface area (Å²) >= 11 is 1.34. The molecule has 0 bridgehead atoms. The molecule has 90 valence electrons. The minimum atomic E-state index is -0.116. The van der Waals surface area contributed by atoms with Crippen LogP contribution in [0.4, 0.5) is 0 Å². The third-order valence-electron chi connectivity index (χ3n) is 2.38. The predicted octanol–water partition coefficient (Wildman–Crippen LogP) is 1.73. The van der Waals surface area contributed by atoms with E-state index in [0.717, 1.165) is 0 Å². The van der Waals surface area contributed by atoms with Crippen LogP contribution >= 0.6 is 11.3 Å². The SMILES string of the molecule is COc1csc(C(=O)c2c(OC)cnn2C)c1. The van der Waals surface area contributed by atoms with E-state index >= 15 is 0 Å². The van der Waals surface area contributed by atoms with Crippen LogP contribution in [-0.2, 0) is 7.05 Å². The largest absolute Gasteiger partial charge is 0.496 e. The molecule has 0 fully saturated rings. The molecule has 0 spiro atoms. The quantitative estimate of drug-likeness (QED) is 0.778. The number of aromatic nitrogens is 2. The van der Waals surface area contributed by atoms with E-state index in [1.54, 1.807) is 25.6 Å². The van der Waals surface area contributed by atoms with E-state index in [4.69, 9.17) is 9.47 Å². The molecule has 0 amide bonds. The highest BCUT2D eigenvalue weighted by Crippen LogP contribution is 2.27. The average molecular weight is 252 g/mol. The second-order valence-electron chi connectivity index (χ2n) is 3.37. The minimum Gasteiger partial charge on any atom is -0.496 e.